The third-order valence-electron chi connectivity index (χ3n) is 9.48. The molecule has 3 heterocycles. The van der Waals surface area contributed by atoms with E-state index in [1.807, 2.05) is 18.2 Å². The number of fused-ring (bicyclic) bond motifs is 6. The van der Waals surface area contributed by atoms with Gasteiger partial charge in [-0.05, 0) is 67.5 Å². The maximum Gasteiger partial charge on any atom is 0.195 e. The number of ether oxygens (including phenoxy) is 1. The van der Waals surface area contributed by atoms with Crippen molar-refractivity contribution in [2.45, 2.75) is 56.9 Å². The molecule has 6 heteroatoms. The number of nitrogens with two attached hydrogens (primary N) is 1. The van der Waals surface area contributed by atoms with Crippen LogP contribution in [0.2, 0.25) is 0 Å². The Labute approximate surface area is 212 Å². The van der Waals surface area contributed by atoms with Crippen LogP contribution in [-0.4, -0.2) is 61.1 Å². The van der Waals surface area contributed by atoms with E-state index in [-0.39, 0.29) is 11.2 Å². The van der Waals surface area contributed by atoms with Crippen molar-refractivity contribution in [3.63, 3.8) is 0 Å². The number of aromatic amines is 1. The summed E-state index contributed by atoms with van der Waals surface area (Å²) in [7, 11) is 0. The monoisotopic (exact) mass is 484 g/mol. The molecule has 1 saturated carbocycles. The molecular formula is C30H36N4O2. The van der Waals surface area contributed by atoms with Gasteiger partial charge in [-0.3, -0.25) is 9.69 Å². The lowest BCUT2D eigenvalue weighted by atomic mass is 9.64. The second kappa shape index (κ2) is 8.35. The van der Waals surface area contributed by atoms with E-state index in [1.165, 1.54) is 36.1 Å². The average Bonchev–Trinajstić information content (AvgIpc) is 3.26. The smallest absolute Gasteiger partial charge is 0.195 e. The lowest BCUT2D eigenvalue weighted by Gasteiger charge is -2.45. The Kier molecular flexibility index (Phi) is 5.19. The molecule has 1 aromatic heterocycles. The minimum absolute atomic E-state index is 0.143. The fourth-order valence-electron chi connectivity index (χ4n) is 7.19. The predicted octanol–water partition coefficient (Wildman–Crippen LogP) is 4.63. The Balaban J connectivity index is 1.36. The number of anilines is 2. The SMILES string of the molecule is CCc1cc2c(cc1N1CCN(C3CCC3)CC1)C1(CCOCC1)c1[nH]c3cc(N)ccc3c1C2=O. The van der Waals surface area contributed by atoms with Crippen LogP contribution in [0.5, 0.6) is 0 Å². The van der Waals surface area contributed by atoms with Gasteiger partial charge in [-0.1, -0.05) is 19.4 Å². The normalized spacial score (nSPS) is 22.0. The van der Waals surface area contributed by atoms with Crippen LogP contribution in [0.15, 0.2) is 30.3 Å². The number of carbonyl (C=O) groups is 1. The van der Waals surface area contributed by atoms with Crippen molar-refractivity contribution in [1.29, 1.82) is 0 Å². The van der Waals surface area contributed by atoms with Gasteiger partial charge in [0, 0.05) is 84.4 Å². The predicted molar refractivity (Wildman–Crippen MR) is 144 cm³/mol. The second-order valence-corrected chi connectivity index (χ2v) is 11.2. The molecule has 4 aliphatic rings. The van der Waals surface area contributed by atoms with Crippen LogP contribution in [0.4, 0.5) is 11.4 Å². The van der Waals surface area contributed by atoms with E-state index < -0.39 is 0 Å². The minimum Gasteiger partial charge on any atom is -0.399 e. The zero-order chi connectivity index (χ0) is 24.4. The first-order valence-corrected chi connectivity index (χ1v) is 13.8. The molecular weight excluding hydrogens is 448 g/mol. The molecule has 6 nitrogen and oxygen atoms in total. The van der Waals surface area contributed by atoms with Gasteiger partial charge in [0.05, 0.1) is 5.56 Å². The zero-order valence-electron chi connectivity index (χ0n) is 21.2. The Morgan fingerprint density at radius 3 is 2.56 bits per heavy atom. The van der Waals surface area contributed by atoms with Gasteiger partial charge in [0.1, 0.15) is 0 Å². The summed E-state index contributed by atoms with van der Waals surface area (Å²) in [6, 6.07) is 11.3. The third kappa shape index (κ3) is 3.20. The molecule has 2 aliphatic carbocycles. The summed E-state index contributed by atoms with van der Waals surface area (Å²) in [4.78, 5) is 23.0. The summed E-state index contributed by atoms with van der Waals surface area (Å²) < 4.78 is 5.85. The van der Waals surface area contributed by atoms with Gasteiger partial charge in [-0.15, -0.1) is 0 Å². The number of ketones is 1. The molecule has 0 amide bonds. The second-order valence-electron chi connectivity index (χ2n) is 11.2. The summed E-state index contributed by atoms with van der Waals surface area (Å²) in [5.74, 6) is 0.143. The van der Waals surface area contributed by atoms with Gasteiger partial charge in [0.15, 0.2) is 5.78 Å². The van der Waals surface area contributed by atoms with Gasteiger partial charge in [0.25, 0.3) is 0 Å². The molecule has 0 radical (unpaired) electrons. The highest BCUT2D eigenvalue weighted by Crippen LogP contribution is 2.51. The molecule has 3 aromatic rings. The highest BCUT2D eigenvalue weighted by Gasteiger charge is 2.47. The van der Waals surface area contributed by atoms with Crippen molar-refractivity contribution in [3.05, 3.63) is 58.3 Å². The van der Waals surface area contributed by atoms with Gasteiger partial charge in [-0.2, -0.15) is 0 Å². The number of H-pyrrole nitrogens is 1. The van der Waals surface area contributed by atoms with Gasteiger partial charge >= 0.3 is 0 Å². The van der Waals surface area contributed by atoms with Crippen molar-refractivity contribution in [3.8, 4) is 0 Å². The summed E-state index contributed by atoms with van der Waals surface area (Å²) >= 11 is 0. The number of nitrogens with zero attached hydrogens (tertiary/aromatic N) is 2. The van der Waals surface area contributed by atoms with E-state index in [9.17, 15) is 4.79 Å². The minimum atomic E-state index is -0.237. The average molecular weight is 485 g/mol. The van der Waals surface area contributed by atoms with E-state index in [0.717, 1.165) is 79.2 Å². The number of aryl methyl sites for hydroxylation is 1. The number of rotatable bonds is 3. The fraction of sp³-hybridized carbons (Fsp3) is 0.500. The standard InChI is InChI=1S/C30H36N4O2/c1-2-19-16-23-24(18-26(19)34-12-10-33(11-13-34)21-4-3-5-21)30(8-14-36-15-9-30)29-27(28(23)35)22-7-6-20(31)17-25(22)32-29/h6-7,16-18,21,32H,2-5,8-15,31H2,1H3. The van der Waals surface area contributed by atoms with Crippen molar-refractivity contribution in [1.82, 2.24) is 9.88 Å². The van der Waals surface area contributed by atoms with Crippen LogP contribution in [0, 0.1) is 0 Å². The molecule has 2 aliphatic heterocycles. The molecule has 2 saturated heterocycles. The Bertz CT molecular complexity index is 1340. The number of nitrogens with one attached hydrogen (secondary N) is 1. The van der Waals surface area contributed by atoms with Crippen molar-refractivity contribution < 1.29 is 9.53 Å². The fourth-order valence-corrected chi connectivity index (χ4v) is 7.19. The summed E-state index contributed by atoms with van der Waals surface area (Å²) in [6.45, 7) is 8.01. The van der Waals surface area contributed by atoms with Gasteiger partial charge in [0.2, 0.25) is 0 Å². The van der Waals surface area contributed by atoms with Crippen molar-refractivity contribution >= 4 is 28.1 Å². The third-order valence-corrected chi connectivity index (χ3v) is 9.48. The topological polar surface area (TPSA) is 74.6 Å². The number of benzene rings is 2. The number of aromatic nitrogens is 1. The zero-order valence-corrected chi connectivity index (χ0v) is 21.2. The van der Waals surface area contributed by atoms with Crippen LogP contribution in [0.3, 0.4) is 0 Å². The van der Waals surface area contributed by atoms with Crippen LogP contribution in [-0.2, 0) is 16.6 Å². The first kappa shape index (κ1) is 22.4. The summed E-state index contributed by atoms with van der Waals surface area (Å²) in [6.07, 6.45) is 6.80. The quantitative estimate of drug-likeness (QED) is 0.531. The highest BCUT2D eigenvalue weighted by molar-refractivity contribution is 6.20. The highest BCUT2D eigenvalue weighted by atomic mass is 16.5. The van der Waals surface area contributed by atoms with E-state index in [2.05, 4.69) is 33.8 Å². The molecule has 36 heavy (non-hydrogen) atoms. The van der Waals surface area contributed by atoms with Gasteiger partial charge in [-0.25, -0.2) is 0 Å². The number of hydrogen-bond acceptors (Lipinski definition) is 5. The maximum atomic E-state index is 14.1. The van der Waals surface area contributed by atoms with Crippen LogP contribution in [0.25, 0.3) is 10.9 Å². The van der Waals surface area contributed by atoms with Crippen LogP contribution >= 0.6 is 0 Å². The molecule has 188 valence electrons. The molecule has 1 spiro atoms. The van der Waals surface area contributed by atoms with E-state index in [0.29, 0.717) is 18.9 Å². The molecule has 0 atom stereocenters. The van der Waals surface area contributed by atoms with Crippen LogP contribution < -0.4 is 10.6 Å². The first-order valence-electron chi connectivity index (χ1n) is 13.8. The Hall–Kier alpha value is -2.83. The Morgan fingerprint density at radius 1 is 1.08 bits per heavy atom. The largest absolute Gasteiger partial charge is 0.399 e. The Morgan fingerprint density at radius 2 is 1.86 bits per heavy atom. The number of hydrogen-bond donors (Lipinski definition) is 2. The van der Waals surface area contributed by atoms with Crippen molar-refractivity contribution in [2.24, 2.45) is 0 Å². The molecule has 3 fully saturated rings. The van der Waals surface area contributed by atoms with E-state index in [4.69, 9.17) is 10.5 Å². The first-order chi connectivity index (χ1) is 17.6. The lowest BCUT2D eigenvalue weighted by Crippen LogP contribution is -2.52. The van der Waals surface area contributed by atoms with Gasteiger partial charge < -0.3 is 20.4 Å². The van der Waals surface area contributed by atoms with E-state index >= 15 is 0 Å². The van der Waals surface area contributed by atoms with E-state index in [1.54, 1.807) is 0 Å². The summed E-state index contributed by atoms with van der Waals surface area (Å²) in [5, 5.41) is 0.981. The molecule has 0 unspecified atom stereocenters. The molecule has 3 N–H and O–H groups in total. The molecule has 2 aromatic carbocycles. The number of carbonyl (C=O) groups excluding carboxylic acids is 1. The summed E-state index contributed by atoms with van der Waals surface area (Å²) in [5.41, 5.74) is 14.1. The van der Waals surface area contributed by atoms with Crippen molar-refractivity contribution in [2.75, 3.05) is 50.0 Å². The number of nitrogen functional groups attached to an aromatic ring is 1. The lowest BCUT2D eigenvalue weighted by molar-refractivity contribution is 0.0602. The van der Waals surface area contributed by atoms with Crippen LogP contribution in [0.1, 0.15) is 71.8 Å². The number of piperazine rings is 1. The molecule has 0 bridgehead atoms. The molecule has 7 rings (SSSR count). The maximum absolute atomic E-state index is 14.1.